The lowest BCUT2D eigenvalue weighted by Gasteiger charge is -2.28. The minimum atomic E-state index is -3.75. The molecule has 2 aliphatic rings. The number of rotatable bonds is 5. The van der Waals surface area contributed by atoms with Gasteiger partial charge < -0.3 is 10.2 Å². The maximum Gasteiger partial charge on any atom is 0.261 e. The number of nitrogens with zero attached hydrogens (tertiary/aromatic N) is 1. The Morgan fingerprint density at radius 2 is 1.85 bits per heavy atom. The number of carbonyl (C=O) groups is 1. The molecule has 1 fully saturated rings. The zero-order valence-electron chi connectivity index (χ0n) is 15.2. The number of fused-ring (bicyclic) bond motifs is 1. The number of nitrogens with one attached hydrogen (secondary N) is 2. The van der Waals surface area contributed by atoms with Crippen molar-refractivity contribution in [2.45, 2.75) is 43.0 Å². The smallest absolute Gasteiger partial charge is 0.261 e. The molecule has 0 aromatic heterocycles. The fourth-order valence-corrected chi connectivity index (χ4v) is 5.06. The van der Waals surface area contributed by atoms with Gasteiger partial charge in [-0.3, -0.25) is 9.52 Å². The van der Waals surface area contributed by atoms with Crippen LogP contribution in [0.15, 0.2) is 47.4 Å². The molecule has 0 radical (unpaired) electrons. The number of carbonyl (C=O) groups excluding carboxylic acids is 1. The van der Waals surface area contributed by atoms with E-state index < -0.39 is 10.0 Å². The fourth-order valence-electron chi connectivity index (χ4n) is 3.93. The Hall–Kier alpha value is -2.54. The van der Waals surface area contributed by atoms with Crippen LogP contribution in [0.1, 0.15) is 31.2 Å². The minimum Gasteiger partial charge on any atom is -0.370 e. The van der Waals surface area contributed by atoms with Crippen LogP contribution in [0.5, 0.6) is 0 Å². The zero-order chi connectivity index (χ0) is 19.0. The van der Waals surface area contributed by atoms with Crippen LogP contribution in [-0.2, 0) is 21.2 Å². The van der Waals surface area contributed by atoms with Gasteiger partial charge in [0.2, 0.25) is 5.91 Å². The molecule has 6 nitrogen and oxygen atoms in total. The number of hydrogen-bond donors (Lipinski definition) is 2. The Morgan fingerprint density at radius 3 is 2.63 bits per heavy atom. The first-order valence-electron chi connectivity index (χ1n) is 9.21. The fraction of sp³-hybridized carbons (Fsp3) is 0.350. The summed E-state index contributed by atoms with van der Waals surface area (Å²) < 4.78 is 28.6. The lowest BCUT2D eigenvalue weighted by Crippen LogP contribution is -2.29. The van der Waals surface area contributed by atoms with Crippen LogP contribution < -0.4 is 14.9 Å². The lowest BCUT2D eigenvalue weighted by atomic mass is 10.2. The van der Waals surface area contributed by atoms with E-state index in [0.29, 0.717) is 23.0 Å². The number of anilines is 3. The van der Waals surface area contributed by atoms with Gasteiger partial charge in [0.25, 0.3) is 10.0 Å². The van der Waals surface area contributed by atoms with Crippen molar-refractivity contribution >= 4 is 33.0 Å². The molecular formula is C20H23N3O3S. The van der Waals surface area contributed by atoms with Gasteiger partial charge in [-0.1, -0.05) is 25.0 Å². The number of sulfonamides is 1. The van der Waals surface area contributed by atoms with Crippen LogP contribution in [0.4, 0.5) is 17.1 Å². The monoisotopic (exact) mass is 385 g/mol. The van der Waals surface area contributed by atoms with Gasteiger partial charge in [-0.05, 0) is 48.7 Å². The Labute approximate surface area is 159 Å². The molecule has 7 heteroatoms. The van der Waals surface area contributed by atoms with Crippen molar-refractivity contribution in [2.75, 3.05) is 22.0 Å². The first-order valence-corrected chi connectivity index (χ1v) is 10.7. The molecule has 1 aliphatic heterocycles. The minimum absolute atomic E-state index is 0.115. The molecule has 0 atom stereocenters. The second-order valence-electron chi connectivity index (χ2n) is 7.22. The highest BCUT2D eigenvalue weighted by molar-refractivity contribution is 7.92. The molecule has 4 rings (SSSR count). The van der Waals surface area contributed by atoms with Crippen LogP contribution >= 0.6 is 0 Å². The molecule has 0 unspecified atom stereocenters. The maximum atomic E-state index is 12.9. The van der Waals surface area contributed by atoms with E-state index in [1.165, 1.54) is 18.9 Å². The van der Waals surface area contributed by atoms with Gasteiger partial charge in [-0.2, -0.15) is 0 Å². The van der Waals surface area contributed by atoms with Crippen LogP contribution in [0.3, 0.4) is 0 Å². The second kappa shape index (κ2) is 6.88. The van der Waals surface area contributed by atoms with E-state index in [9.17, 15) is 13.2 Å². The predicted molar refractivity (Wildman–Crippen MR) is 107 cm³/mol. The third kappa shape index (κ3) is 3.51. The first kappa shape index (κ1) is 17.9. The first-order chi connectivity index (χ1) is 12.9. The van der Waals surface area contributed by atoms with Gasteiger partial charge in [0.1, 0.15) is 0 Å². The Kier molecular flexibility index (Phi) is 4.55. The van der Waals surface area contributed by atoms with Gasteiger partial charge in [0.05, 0.1) is 22.7 Å². The molecular weight excluding hydrogens is 362 g/mol. The van der Waals surface area contributed by atoms with Crippen LogP contribution in [0.25, 0.3) is 0 Å². The molecule has 2 aromatic rings. The second-order valence-corrected chi connectivity index (χ2v) is 8.90. The van der Waals surface area contributed by atoms with E-state index in [0.717, 1.165) is 18.5 Å². The predicted octanol–water partition coefficient (Wildman–Crippen LogP) is 3.36. The van der Waals surface area contributed by atoms with E-state index in [-0.39, 0.29) is 17.2 Å². The summed E-state index contributed by atoms with van der Waals surface area (Å²) in [7, 11) is -1.72. The number of benzene rings is 2. The summed E-state index contributed by atoms with van der Waals surface area (Å²) in [5.74, 6) is -0.115. The summed E-state index contributed by atoms with van der Waals surface area (Å²) in [6.45, 7) is 0. The van der Waals surface area contributed by atoms with Crippen LogP contribution in [-0.4, -0.2) is 27.4 Å². The number of amides is 1. The van der Waals surface area contributed by atoms with Crippen LogP contribution in [0.2, 0.25) is 0 Å². The third-order valence-corrected chi connectivity index (χ3v) is 6.78. The van der Waals surface area contributed by atoms with Gasteiger partial charge in [-0.25, -0.2) is 8.42 Å². The average Bonchev–Trinajstić information content (AvgIpc) is 3.29. The van der Waals surface area contributed by atoms with Crippen molar-refractivity contribution in [3.05, 3.63) is 48.0 Å². The molecule has 1 heterocycles. The Morgan fingerprint density at radius 1 is 1.11 bits per heavy atom. The van der Waals surface area contributed by atoms with Crippen LogP contribution in [0, 0.1) is 0 Å². The Bertz CT molecular complexity index is 982. The summed E-state index contributed by atoms with van der Waals surface area (Å²) in [6.07, 6.45) is 4.89. The molecule has 1 amide bonds. The topological polar surface area (TPSA) is 78.5 Å². The molecule has 0 saturated heterocycles. The molecule has 2 N–H and O–H groups in total. The van der Waals surface area contributed by atoms with E-state index in [4.69, 9.17) is 0 Å². The summed E-state index contributed by atoms with van der Waals surface area (Å²) in [5.41, 5.74) is 2.84. The molecule has 0 spiro atoms. The standard InChI is InChI=1S/C20H23N3O3S/c1-23(15-6-2-3-7-15)19-9-5-4-8-18(19)22-27(25,26)16-10-11-17-14(12-16)13-20(24)21-17/h4-5,8-12,15,22H,2-3,6-7,13H2,1H3,(H,21,24). The highest BCUT2D eigenvalue weighted by Crippen LogP contribution is 2.33. The summed E-state index contributed by atoms with van der Waals surface area (Å²) in [4.78, 5) is 13.9. The van der Waals surface area contributed by atoms with E-state index in [1.54, 1.807) is 18.2 Å². The molecule has 27 heavy (non-hydrogen) atoms. The van der Waals surface area contributed by atoms with Crippen molar-refractivity contribution in [3.63, 3.8) is 0 Å². The van der Waals surface area contributed by atoms with Crippen molar-refractivity contribution < 1.29 is 13.2 Å². The largest absolute Gasteiger partial charge is 0.370 e. The molecule has 0 bridgehead atoms. The average molecular weight is 385 g/mol. The maximum absolute atomic E-state index is 12.9. The highest BCUT2D eigenvalue weighted by atomic mass is 32.2. The van der Waals surface area contributed by atoms with E-state index in [2.05, 4.69) is 14.9 Å². The van der Waals surface area contributed by atoms with Gasteiger partial charge in [-0.15, -0.1) is 0 Å². The Balaban J connectivity index is 1.62. The normalized spacial score (nSPS) is 16.9. The van der Waals surface area contributed by atoms with Crippen molar-refractivity contribution in [1.29, 1.82) is 0 Å². The third-order valence-electron chi connectivity index (χ3n) is 5.41. The highest BCUT2D eigenvalue weighted by Gasteiger charge is 2.25. The van der Waals surface area contributed by atoms with Crippen molar-refractivity contribution in [2.24, 2.45) is 0 Å². The summed E-state index contributed by atoms with van der Waals surface area (Å²) in [6, 6.07) is 12.7. The van der Waals surface area contributed by atoms with E-state index in [1.807, 2.05) is 25.2 Å². The van der Waals surface area contributed by atoms with Crippen molar-refractivity contribution in [1.82, 2.24) is 0 Å². The molecule has 142 valence electrons. The van der Waals surface area contributed by atoms with Gasteiger partial charge >= 0.3 is 0 Å². The summed E-state index contributed by atoms with van der Waals surface area (Å²) >= 11 is 0. The van der Waals surface area contributed by atoms with E-state index >= 15 is 0 Å². The molecule has 1 aliphatic carbocycles. The van der Waals surface area contributed by atoms with Gasteiger partial charge in [0, 0.05) is 18.8 Å². The molecule has 2 aromatic carbocycles. The number of hydrogen-bond acceptors (Lipinski definition) is 4. The number of para-hydroxylation sites is 2. The SMILES string of the molecule is CN(c1ccccc1NS(=O)(=O)c1ccc2c(c1)CC(=O)N2)C1CCCC1. The summed E-state index contributed by atoms with van der Waals surface area (Å²) in [5, 5.41) is 2.72. The van der Waals surface area contributed by atoms with Crippen molar-refractivity contribution in [3.8, 4) is 0 Å². The molecule has 1 saturated carbocycles. The quantitative estimate of drug-likeness (QED) is 0.827. The van der Waals surface area contributed by atoms with Gasteiger partial charge in [0.15, 0.2) is 0 Å². The lowest BCUT2D eigenvalue weighted by molar-refractivity contribution is -0.115. The zero-order valence-corrected chi connectivity index (χ0v) is 16.1.